The first kappa shape index (κ1) is 12.8. The molecule has 0 fully saturated rings. The average molecular weight is 235 g/mol. The van der Waals surface area contributed by atoms with E-state index in [2.05, 4.69) is 15.3 Å². The second kappa shape index (κ2) is 5.74. The minimum absolute atomic E-state index is 0.0946. The van der Waals surface area contributed by atoms with Gasteiger partial charge in [-0.2, -0.15) is 0 Å². The summed E-state index contributed by atoms with van der Waals surface area (Å²) < 4.78 is 0. The summed E-state index contributed by atoms with van der Waals surface area (Å²) in [5, 5.41) is 11.2. The Hall–Kier alpha value is -2.24. The summed E-state index contributed by atoms with van der Waals surface area (Å²) in [6.07, 6.45) is 4.05. The van der Waals surface area contributed by atoms with Gasteiger partial charge in [-0.15, -0.1) is 0 Å². The molecule has 6 heteroatoms. The van der Waals surface area contributed by atoms with E-state index < -0.39 is 5.97 Å². The number of amides is 1. The Morgan fingerprint density at radius 3 is 2.35 bits per heavy atom. The van der Waals surface area contributed by atoms with Crippen molar-refractivity contribution in [2.45, 2.75) is 13.8 Å². The van der Waals surface area contributed by atoms with E-state index in [1.165, 1.54) is 0 Å². The summed E-state index contributed by atoms with van der Waals surface area (Å²) in [6, 6.07) is 0. The van der Waals surface area contributed by atoms with Crippen molar-refractivity contribution in [3.05, 3.63) is 35.4 Å². The number of carboxylic acids is 1. The molecule has 0 aliphatic heterocycles. The monoisotopic (exact) mass is 235 g/mol. The van der Waals surface area contributed by atoms with Crippen molar-refractivity contribution < 1.29 is 14.7 Å². The normalized spacial score (nSPS) is 9.53. The van der Waals surface area contributed by atoms with E-state index in [1.54, 1.807) is 0 Å². The average Bonchev–Trinajstić information content (AvgIpc) is 2.28. The molecule has 0 saturated carbocycles. The van der Waals surface area contributed by atoms with Crippen LogP contribution >= 0.6 is 0 Å². The predicted molar refractivity (Wildman–Crippen MR) is 60.8 cm³/mol. The Morgan fingerprint density at radius 1 is 1.29 bits per heavy atom. The molecule has 0 unspecified atom stereocenters. The highest BCUT2D eigenvalue weighted by atomic mass is 16.4. The first-order valence-corrected chi connectivity index (χ1v) is 4.97. The van der Waals surface area contributed by atoms with Crippen LogP contribution in [0.25, 0.3) is 0 Å². The number of aromatic carboxylic acids is 1. The van der Waals surface area contributed by atoms with E-state index in [-0.39, 0.29) is 17.3 Å². The third kappa shape index (κ3) is 4.02. The maximum absolute atomic E-state index is 11.5. The Bertz CT molecular complexity index is 448. The largest absolute Gasteiger partial charge is 0.476 e. The Labute approximate surface area is 98.4 Å². The number of nitrogens with zero attached hydrogens (tertiary/aromatic N) is 2. The van der Waals surface area contributed by atoms with Crippen LogP contribution in [0.15, 0.2) is 24.0 Å². The quantitative estimate of drug-likeness (QED) is 0.755. The second-order valence-corrected chi connectivity index (χ2v) is 3.58. The number of allylic oxidation sites excluding steroid dienone is 1. The van der Waals surface area contributed by atoms with Crippen molar-refractivity contribution in [2.24, 2.45) is 0 Å². The molecule has 1 rings (SSSR count). The maximum atomic E-state index is 11.5. The zero-order valence-corrected chi connectivity index (χ0v) is 9.60. The molecule has 17 heavy (non-hydrogen) atoms. The van der Waals surface area contributed by atoms with Crippen molar-refractivity contribution in [3.8, 4) is 0 Å². The lowest BCUT2D eigenvalue weighted by Crippen LogP contribution is -2.24. The second-order valence-electron chi connectivity index (χ2n) is 3.58. The fourth-order valence-electron chi connectivity index (χ4n) is 0.994. The Morgan fingerprint density at radius 2 is 1.88 bits per heavy atom. The molecule has 1 amide bonds. The Balaban J connectivity index is 2.64. The van der Waals surface area contributed by atoms with Crippen LogP contribution in [0.3, 0.4) is 0 Å². The maximum Gasteiger partial charge on any atom is 0.356 e. The smallest absolute Gasteiger partial charge is 0.356 e. The number of carboxylic acid groups (broad SMARTS) is 1. The molecule has 6 nitrogen and oxygen atoms in total. The summed E-state index contributed by atoms with van der Waals surface area (Å²) >= 11 is 0. The lowest BCUT2D eigenvalue weighted by Gasteiger charge is -2.01. The highest BCUT2D eigenvalue weighted by molar-refractivity contribution is 5.92. The van der Waals surface area contributed by atoms with E-state index in [9.17, 15) is 9.59 Å². The summed E-state index contributed by atoms with van der Waals surface area (Å²) in [5.41, 5.74) is 1.00. The van der Waals surface area contributed by atoms with E-state index in [1.807, 2.05) is 19.9 Å². The molecule has 0 aromatic carbocycles. The van der Waals surface area contributed by atoms with Crippen LogP contribution in [-0.4, -0.2) is 33.5 Å². The third-order valence-electron chi connectivity index (χ3n) is 1.88. The molecule has 2 N–H and O–H groups in total. The van der Waals surface area contributed by atoms with Gasteiger partial charge in [-0.25, -0.2) is 14.8 Å². The summed E-state index contributed by atoms with van der Waals surface area (Å²) in [4.78, 5) is 29.4. The molecular weight excluding hydrogens is 222 g/mol. The van der Waals surface area contributed by atoms with E-state index in [0.29, 0.717) is 6.54 Å². The summed E-state index contributed by atoms with van der Waals surface area (Å²) in [5.74, 6) is -1.55. The van der Waals surface area contributed by atoms with Crippen LogP contribution in [0.4, 0.5) is 0 Å². The van der Waals surface area contributed by atoms with Crippen molar-refractivity contribution in [3.63, 3.8) is 0 Å². The van der Waals surface area contributed by atoms with Crippen molar-refractivity contribution in [1.29, 1.82) is 0 Å². The van der Waals surface area contributed by atoms with Gasteiger partial charge in [0.25, 0.3) is 5.91 Å². The molecule has 0 aliphatic carbocycles. The third-order valence-corrected chi connectivity index (χ3v) is 1.88. The van der Waals surface area contributed by atoms with Crippen LogP contribution in [0, 0.1) is 0 Å². The highest BCUT2D eigenvalue weighted by Gasteiger charge is 2.09. The zero-order valence-electron chi connectivity index (χ0n) is 9.60. The van der Waals surface area contributed by atoms with Crippen molar-refractivity contribution in [2.75, 3.05) is 6.54 Å². The number of carbonyl (C=O) groups excluding carboxylic acids is 1. The standard InChI is InChI=1S/C11H13N3O3/c1-7(2)3-4-12-10(15)8-5-14-9(6-13-8)11(16)17/h3,5-6H,4H2,1-2H3,(H,12,15)(H,16,17). The predicted octanol–water partition coefficient (Wildman–Crippen LogP) is 0.871. The van der Waals surface area contributed by atoms with Crippen LogP contribution in [0.5, 0.6) is 0 Å². The SMILES string of the molecule is CC(C)=CCNC(=O)c1cnc(C(=O)O)cn1. The van der Waals surface area contributed by atoms with E-state index in [0.717, 1.165) is 18.0 Å². The van der Waals surface area contributed by atoms with Gasteiger partial charge < -0.3 is 10.4 Å². The number of nitrogens with one attached hydrogen (secondary N) is 1. The summed E-state index contributed by atoms with van der Waals surface area (Å²) in [6.45, 7) is 4.25. The van der Waals surface area contributed by atoms with Gasteiger partial charge in [0.05, 0.1) is 12.4 Å². The Kier molecular flexibility index (Phi) is 4.33. The van der Waals surface area contributed by atoms with Gasteiger partial charge >= 0.3 is 5.97 Å². The molecule has 0 saturated heterocycles. The lowest BCUT2D eigenvalue weighted by atomic mass is 10.3. The highest BCUT2D eigenvalue weighted by Crippen LogP contribution is 1.96. The van der Waals surface area contributed by atoms with Crippen LogP contribution in [-0.2, 0) is 0 Å². The molecule has 90 valence electrons. The minimum atomic E-state index is -1.17. The van der Waals surface area contributed by atoms with Gasteiger partial charge in [-0.05, 0) is 13.8 Å². The molecule has 1 aromatic rings. The van der Waals surface area contributed by atoms with Gasteiger partial charge in [-0.1, -0.05) is 11.6 Å². The van der Waals surface area contributed by atoms with Gasteiger partial charge in [0, 0.05) is 6.54 Å². The number of carbonyl (C=O) groups is 2. The first-order valence-electron chi connectivity index (χ1n) is 4.97. The first-order chi connectivity index (χ1) is 8.00. The molecule has 0 spiro atoms. The minimum Gasteiger partial charge on any atom is -0.476 e. The van der Waals surface area contributed by atoms with Gasteiger partial charge in [0.2, 0.25) is 0 Å². The fourth-order valence-corrected chi connectivity index (χ4v) is 0.994. The van der Waals surface area contributed by atoms with Crippen molar-refractivity contribution >= 4 is 11.9 Å². The topological polar surface area (TPSA) is 92.2 Å². The summed E-state index contributed by atoms with van der Waals surface area (Å²) in [7, 11) is 0. The number of aromatic nitrogens is 2. The van der Waals surface area contributed by atoms with Crippen LogP contribution < -0.4 is 5.32 Å². The lowest BCUT2D eigenvalue weighted by molar-refractivity contribution is 0.0689. The van der Waals surface area contributed by atoms with E-state index in [4.69, 9.17) is 5.11 Å². The molecule has 0 aliphatic rings. The molecular formula is C11H13N3O3. The molecule has 0 atom stereocenters. The van der Waals surface area contributed by atoms with Gasteiger partial charge in [0.15, 0.2) is 5.69 Å². The number of hydrogen-bond donors (Lipinski definition) is 2. The van der Waals surface area contributed by atoms with Crippen LogP contribution in [0.1, 0.15) is 34.8 Å². The zero-order chi connectivity index (χ0) is 12.8. The molecule has 1 heterocycles. The van der Waals surface area contributed by atoms with Crippen molar-refractivity contribution in [1.82, 2.24) is 15.3 Å². The molecule has 0 radical (unpaired) electrons. The van der Waals surface area contributed by atoms with E-state index >= 15 is 0 Å². The molecule has 1 aromatic heterocycles. The fraction of sp³-hybridized carbons (Fsp3) is 0.273. The van der Waals surface area contributed by atoms with Gasteiger partial charge in [0.1, 0.15) is 5.69 Å². The number of rotatable bonds is 4. The molecule has 0 bridgehead atoms. The number of hydrogen-bond acceptors (Lipinski definition) is 4. The van der Waals surface area contributed by atoms with Gasteiger partial charge in [-0.3, -0.25) is 4.79 Å². The van der Waals surface area contributed by atoms with Crippen LogP contribution in [0.2, 0.25) is 0 Å².